The fraction of sp³-hybridized carbons (Fsp3) is 0. The summed E-state index contributed by atoms with van der Waals surface area (Å²) >= 11 is 5.19. The molecule has 0 saturated carbocycles. The number of hydrogen-bond acceptors (Lipinski definition) is 4. The van der Waals surface area contributed by atoms with E-state index in [0.717, 1.165) is 22.5 Å². The molecule has 148 valence electrons. The fourth-order valence-corrected chi connectivity index (χ4v) is 2.96. The van der Waals surface area contributed by atoms with E-state index in [9.17, 15) is 4.39 Å². The first-order valence-corrected chi connectivity index (χ1v) is 9.51. The van der Waals surface area contributed by atoms with Gasteiger partial charge in [-0.3, -0.25) is 10.4 Å². The number of nitrogens with zero attached hydrogens (tertiary/aromatic N) is 4. The van der Waals surface area contributed by atoms with Crippen molar-refractivity contribution in [1.29, 1.82) is 0 Å². The van der Waals surface area contributed by atoms with Gasteiger partial charge in [0.2, 0.25) is 0 Å². The Kier molecular flexibility index (Phi) is 5.86. The highest BCUT2D eigenvalue weighted by molar-refractivity contribution is 7.80. The Morgan fingerprint density at radius 2 is 1.83 bits per heavy atom. The largest absolute Gasteiger partial charge is 0.329 e. The number of anilines is 1. The van der Waals surface area contributed by atoms with Crippen LogP contribution in [0.2, 0.25) is 0 Å². The summed E-state index contributed by atoms with van der Waals surface area (Å²) in [5, 5.41) is 11.8. The topological polar surface area (TPSA) is 67.1 Å². The van der Waals surface area contributed by atoms with Gasteiger partial charge in [-0.15, -0.1) is 0 Å². The quantitative estimate of drug-likeness (QED) is 0.287. The Hall–Kier alpha value is -3.91. The van der Waals surface area contributed by atoms with Crippen LogP contribution >= 0.6 is 12.2 Å². The SMILES string of the molecule is Fc1ccccc1NC(=S)N/N=C\c1cn(-c2ccccc2)nc1-c1cccnc1. The van der Waals surface area contributed by atoms with Crippen molar-refractivity contribution in [1.82, 2.24) is 20.2 Å². The second kappa shape index (κ2) is 9.06. The lowest BCUT2D eigenvalue weighted by molar-refractivity contribution is 0.632. The fourth-order valence-electron chi connectivity index (χ4n) is 2.80. The van der Waals surface area contributed by atoms with E-state index in [-0.39, 0.29) is 10.8 Å². The second-order valence-corrected chi connectivity index (χ2v) is 6.67. The van der Waals surface area contributed by atoms with Crippen LogP contribution < -0.4 is 10.7 Å². The Balaban J connectivity index is 1.56. The van der Waals surface area contributed by atoms with E-state index in [1.807, 2.05) is 48.7 Å². The molecule has 0 aliphatic rings. The predicted octanol–water partition coefficient (Wildman–Crippen LogP) is 4.39. The van der Waals surface area contributed by atoms with E-state index in [0.29, 0.717) is 0 Å². The van der Waals surface area contributed by atoms with Crippen LogP contribution in [-0.4, -0.2) is 26.1 Å². The molecule has 0 saturated heterocycles. The van der Waals surface area contributed by atoms with Gasteiger partial charge in [0.1, 0.15) is 11.5 Å². The molecular weight excluding hydrogens is 399 g/mol. The van der Waals surface area contributed by atoms with Crippen LogP contribution in [0.3, 0.4) is 0 Å². The van der Waals surface area contributed by atoms with Crippen molar-refractivity contribution >= 4 is 29.2 Å². The molecule has 2 N–H and O–H groups in total. The number of halogens is 1. The number of benzene rings is 2. The molecule has 0 fully saturated rings. The van der Waals surface area contributed by atoms with Gasteiger partial charge in [-0.25, -0.2) is 9.07 Å². The van der Waals surface area contributed by atoms with E-state index in [4.69, 9.17) is 12.2 Å². The molecule has 6 nitrogen and oxygen atoms in total. The number of para-hydroxylation sites is 2. The highest BCUT2D eigenvalue weighted by Crippen LogP contribution is 2.21. The average Bonchev–Trinajstić information content (AvgIpc) is 3.21. The zero-order valence-corrected chi connectivity index (χ0v) is 16.6. The second-order valence-electron chi connectivity index (χ2n) is 6.26. The van der Waals surface area contributed by atoms with E-state index in [1.54, 1.807) is 41.5 Å². The van der Waals surface area contributed by atoms with Crippen molar-refractivity contribution in [3.05, 3.63) is 96.7 Å². The normalized spacial score (nSPS) is 10.8. The first-order chi connectivity index (χ1) is 14.7. The van der Waals surface area contributed by atoms with Crippen molar-refractivity contribution < 1.29 is 4.39 Å². The van der Waals surface area contributed by atoms with Crippen molar-refractivity contribution in [2.45, 2.75) is 0 Å². The van der Waals surface area contributed by atoms with Crippen molar-refractivity contribution in [3.8, 4) is 16.9 Å². The number of aromatic nitrogens is 3. The van der Waals surface area contributed by atoms with Gasteiger partial charge in [0.05, 0.1) is 17.6 Å². The molecular formula is C22H17FN6S. The minimum Gasteiger partial charge on any atom is -0.329 e. The Bertz CT molecular complexity index is 1170. The lowest BCUT2D eigenvalue weighted by Gasteiger charge is -2.07. The van der Waals surface area contributed by atoms with Gasteiger partial charge in [0, 0.05) is 29.7 Å². The molecule has 0 aliphatic heterocycles. The maximum absolute atomic E-state index is 13.7. The number of nitrogens with one attached hydrogen (secondary N) is 2. The molecule has 0 radical (unpaired) electrons. The Labute approximate surface area is 178 Å². The zero-order valence-electron chi connectivity index (χ0n) is 15.7. The van der Waals surface area contributed by atoms with Gasteiger partial charge in [-0.05, 0) is 48.6 Å². The molecule has 0 atom stereocenters. The molecule has 0 aliphatic carbocycles. The third-order valence-electron chi connectivity index (χ3n) is 4.19. The molecule has 30 heavy (non-hydrogen) atoms. The van der Waals surface area contributed by atoms with Crippen LogP contribution in [-0.2, 0) is 0 Å². The van der Waals surface area contributed by atoms with Crippen molar-refractivity contribution in [2.75, 3.05) is 5.32 Å². The minimum absolute atomic E-state index is 0.176. The molecule has 4 rings (SSSR count). The van der Waals surface area contributed by atoms with Crippen LogP contribution in [0.25, 0.3) is 16.9 Å². The van der Waals surface area contributed by atoms with Gasteiger partial charge in [-0.1, -0.05) is 30.3 Å². The lowest BCUT2D eigenvalue weighted by Crippen LogP contribution is -2.24. The van der Waals surface area contributed by atoms with Gasteiger partial charge >= 0.3 is 0 Å². The third-order valence-corrected chi connectivity index (χ3v) is 4.38. The Morgan fingerprint density at radius 3 is 2.60 bits per heavy atom. The van der Waals surface area contributed by atoms with Gasteiger partial charge in [0.25, 0.3) is 0 Å². The molecule has 0 unspecified atom stereocenters. The smallest absolute Gasteiger partial charge is 0.191 e. The standard InChI is InChI=1S/C22H17FN6S/c23-19-10-4-5-11-20(19)26-22(30)27-25-14-17-15-29(18-8-2-1-3-9-18)28-21(17)16-7-6-12-24-13-16/h1-15H,(H2,26,27,30)/b25-14-. The summed E-state index contributed by atoms with van der Waals surface area (Å²) in [4.78, 5) is 4.17. The molecule has 0 bridgehead atoms. The average molecular weight is 416 g/mol. The maximum Gasteiger partial charge on any atom is 0.191 e. The summed E-state index contributed by atoms with van der Waals surface area (Å²) in [5.74, 6) is -0.395. The monoisotopic (exact) mass is 416 g/mol. The summed E-state index contributed by atoms with van der Waals surface area (Å²) in [5.41, 5.74) is 6.26. The van der Waals surface area contributed by atoms with Crippen LogP contribution in [0.5, 0.6) is 0 Å². The van der Waals surface area contributed by atoms with E-state index >= 15 is 0 Å². The molecule has 0 amide bonds. The predicted molar refractivity (Wildman–Crippen MR) is 120 cm³/mol. The first-order valence-electron chi connectivity index (χ1n) is 9.11. The highest BCUT2D eigenvalue weighted by Gasteiger charge is 2.11. The molecule has 2 aromatic carbocycles. The van der Waals surface area contributed by atoms with Gasteiger partial charge < -0.3 is 5.32 Å². The van der Waals surface area contributed by atoms with Crippen LogP contribution in [0.4, 0.5) is 10.1 Å². The third kappa shape index (κ3) is 4.56. The number of hydrogen-bond donors (Lipinski definition) is 2. The molecule has 4 aromatic rings. The lowest BCUT2D eigenvalue weighted by atomic mass is 10.1. The number of hydrazone groups is 1. The van der Waals surface area contributed by atoms with Gasteiger partial charge in [0.15, 0.2) is 5.11 Å². The summed E-state index contributed by atoms with van der Waals surface area (Å²) in [6.07, 6.45) is 6.94. The Morgan fingerprint density at radius 1 is 1.03 bits per heavy atom. The molecule has 0 spiro atoms. The summed E-state index contributed by atoms with van der Waals surface area (Å²) in [6, 6.07) is 19.8. The maximum atomic E-state index is 13.7. The van der Waals surface area contributed by atoms with E-state index < -0.39 is 5.82 Å². The van der Waals surface area contributed by atoms with Crippen LogP contribution in [0.15, 0.2) is 90.4 Å². The number of pyridine rings is 1. The van der Waals surface area contributed by atoms with E-state index in [2.05, 4.69) is 25.9 Å². The zero-order chi connectivity index (χ0) is 20.8. The summed E-state index contributed by atoms with van der Waals surface area (Å²) < 4.78 is 15.5. The number of thiocarbonyl (C=S) groups is 1. The van der Waals surface area contributed by atoms with Crippen molar-refractivity contribution in [3.63, 3.8) is 0 Å². The first kappa shape index (κ1) is 19.4. The minimum atomic E-state index is -0.395. The molecule has 2 aromatic heterocycles. The number of rotatable bonds is 5. The van der Waals surface area contributed by atoms with E-state index in [1.165, 1.54) is 6.07 Å². The van der Waals surface area contributed by atoms with Gasteiger partial charge in [-0.2, -0.15) is 10.2 Å². The summed E-state index contributed by atoms with van der Waals surface area (Å²) in [7, 11) is 0. The van der Waals surface area contributed by atoms with Crippen LogP contribution in [0.1, 0.15) is 5.56 Å². The molecule has 8 heteroatoms. The van der Waals surface area contributed by atoms with Crippen molar-refractivity contribution in [2.24, 2.45) is 5.10 Å². The molecule has 2 heterocycles. The highest BCUT2D eigenvalue weighted by atomic mass is 32.1. The van der Waals surface area contributed by atoms with Crippen LogP contribution in [0, 0.1) is 5.82 Å². The summed E-state index contributed by atoms with van der Waals surface area (Å²) in [6.45, 7) is 0.